The fourth-order valence-corrected chi connectivity index (χ4v) is 0.784. The first-order valence-electron chi connectivity index (χ1n) is 3.07. The van der Waals surface area contributed by atoms with E-state index < -0.39 is 17.1 Å². The Labute approximate surface area is 67.7 Å². The molecule has 1 N–H and O–H groups in total. The maximum atomic E-state index is 12.7. The zero-order valence-electron chi connectivity index (χ0n) is 5.91. The number of carbonyl (C=O) groups is 1. The highest BCUT2D eigenvalue weighted by atomic mass is 19.1. The minimum Gasteiger partial charge on any atom is -0.506 e. The van der Waals surface area contributed by atoms with Gasteiger partial charge in [0.2, 0.25) is 0 Å². The van der Waals surface area contributed by atoms with E-state index in [0.29, 0.717) is 6.29 Å². The van der Waals surface area contributed by atoms with Crippen LogP contribution < -0.4 is 0 Å². The largest absolute Gasteiger partial charge is 0.506 e. The lowest BCUT2D eigenvalue weighted by atomic mass is 10.1. The Hall–Kier alpha value is -1.89. The molecule has 0 fully saturated rings. The smallest absolute Gasteiger partial charge is 0.153 e. The van der Waals surface area contributed by atoms with Gasteiger partial charge in [0.1, 0.15) is 23.2 Å². The number of benzene rings is 1. The molecular formula is C8H4FNO2. The Kier molecular flexibility index (Phi) is 2.06. The number of aromatic hydroxyl groups is 1. The monoisotopic (exact) mass is 165 g/mol. The van der Waals surface area contributed by atoms with Gasteiger partial charge in [0, 0.05) is 0 Å². The summed E-state index contributed by atoms with van der Waals surface area (Å²) in [6.07, 6.45) is 0.357. The standard InChI is InChI=1S/C8H4FNO2/c9-7-2-1-5(4-11)8(12)6(7)3-10/h1-2,4,12H. The van der Waals surface area contributed by atoms with E-state index in [1.165, 1.54) is 6.07 Å². The molecule has 1 aromatic rings. The molecule has 0 aromatic heterocycles. The number of rotatable bonds is 1. The van der Waals surface area contributed by atoms with Crippen LogP contribution in [0.4, 0.5) is 4.39 Å². The second-order valence-electron chi connectivity index (χ2n) is 2.09. The van der Waals surface area contributed by atoms with Gasteiger partial charge < -0.3 is 5.11 Å². The molecule has 1 aromatic carbocycles. The van der Waals surface area contributed by atoms with Crippen LogP contribution in [-0.2, 0) is 0 Å². The molecule has 0 radical (unpaired) electrons. The Bertz CT molecular complexity index is 368. The van der Waals surface area contributed by atoms with Gasteiger partial charge in [-0.25, -0.2) is 4.39 Å². The third-order valence-corrected chi connectivity index (χ3v) is 1.40. The van der Waals surface area contributed by atoms with Crippen LogP contribution >= 0.6 is 0 Å². The van der Waals surface area contributed by atoms with E-state index in [0.717, 1.165) is 12.1 Å². The van der Waals surface area contributed by atoms with Crippen molar-refractivity contribution in [1.82, 2.24) is 0 Å². The molecule has 0 atom stereocenters. The van der Waals surface area contributed by atoms with Crippen molar-refractivity contribution in [3.8, 4) is 11.8 Å². The summed E-state index contributed by atoms with van der Waals surface area (Å²) in [5.41, 5.74) is -0.590. The number of phenolic OH excluding ortho intramolecular Hbond substituents is 1. The average Bonchev–Trinajstić information content (AvgIpc) is 2.06. The van der Waals surface area contributed by atoms with E-state index >= 15 is 0 Å². The lowest BCUT2D eigenvalue weighted by Crippen LogP contribution is -1.89. The maximum absolute atomic E-state index is 12.7. The van der Waals surface area contributed by atoms with Gasteiger partial charge in [-0.3, -0.25) is 4.79 Å². The van der Waals surface area contributed by atoms with E-state index in [4.69, 9.17) is 10.4 Å². The Morgan fingerprint density at radius 1 is 1.58 bits per heavy atom. The highest BCUT2D eigenvalue weighted by Gasteiger charge is 2.10. The molecule has 0 spiro atoms. The summed E-state index contributed by atoms with van der Waals surface area (Å²) >= 11 is 0. The average molecular weight is 165 g/mol. The molecule has 0 aliphatic heterocycles. The molecule has 0 aliphatic rings. The number of halogens is 1. The van der Waals surface area contributed by atoms with Gasteiger partial charge in [0.25, 0.3) is 0 Å². The van der Waals surface area contributed by atoms with Crippen molar-refractivity contribution in [2.75, 3.05) is 0 Å². The predicted molar refractivity (Wildman–Crippen MR) is 38.2 cm³/mol. The lowest BCUT2D eigenvalue weighted by molar-refractivity contribution is 0.112. The molecule has 4 heteroatoms. The van der Waals surface area contributed by atoms with Gasteiger partial charge in [-0.2, -0.15) is 5.26 Å². The lowest BCUT2D eigenvalue weighted by Gasteiger charge is -1.98. The molecule has 0 unspecified atom stereocenters. The topological polar surface area (TPSA) is 61.1 Å². The molecule has 3 nitrogen and oxygen atoms in total. The summed E-state index contributed by atoms with van der Waals surface area (Å²) in [7, 11) is 0. The van der Waals surface area contributed by atoms with Gasteiger partial charge in [-0.1, -0.05) is 0 Å². The summed E-state index contributed by atoms with van der Waals surface area (Å²) in [5.74, 6) is -1.44. The highest BCUT2D eigenvalue weighted by Crippen LogP contribution is 2.22. The molecule has 0 bridgehead atoms. The summed E-state index contributed by atoms with van der Waals surface area (Å²) in [5, 5.41) is 17.4. The van der Waals surface area contributed by atoms with Gasteiger partial charge in [0.15, 0.2) is 6.29 Å². The van der Waals surface area contributed by atoms with Crippen LogP contribution in [0, 0.1) is 17.1 Å². The zero-order chi connectivity index (χ0) is 9.14. The van der Waals surface area contributed by atoms with Crippen molar-refractivity contribution < 1.29 is 14.3 Å². The van der Waals surface area contributed by atoms with Crippen molar-refractivity contribution in [3.63, 3.8) is 0 Å². The molecule has 0 saturated carbocycles. The van der Waals surface area contributed by atoms with Crippen LogP contribution in [-0.4, -0.2) is 11.4 Å². The van der Waals surface area contributed by atoms with Crippen LogP contribution in [0.3, 0.4) is 0 Å². The summed E-state index contributed by atoms with van der Waals surface area (Å²) in [6, 6.07) is 3.52. The second-order valence-corrected chi connectivity index (χ2v) is 2.09. The van der Waals surface area contributed by atoms with E-state index in [2.05, 4.69) is 0 Å². The molecule has 0 amide bonds. The summed E-state index contributed by atoms with van der Waals surface area (Å²) in [4.78, 5) is 10.2. The number of hydrogen-bond acceptors (Lipinski definition) is 3. The Balaban J connectivity index is 3.46. The van der Waals surface area contributed by atoms with Gasteiger partial charge in [-0.15, -0.1) is 0 Å². The SMILES string of the molecule is N#Cc1c(F)ccc(C=O)c1O. The van der Waals surface area contributed by atoms with E-state index in [-0.39, 0.29) is 5.56 Å². The Morgan fingerprint density at radius 2 is 2.25 bits per heavy atom. The van der Waals surface area contributed by atoms with Crippen LogP contribution in [0.25, 0.3) is 0 Å². The van der Waals surface area contributed by atoms with Crippen LogP contribution in [0.5, 0.6) is 5.75 Å². The van der Waals surface area contributed by atoms with Crippen molar-refractivity contribution in [2.24, 2.45) is 0 Å². The second kappa shape index (κ2) is 3.01. The number of hydrogen-bond donors (Lipinski definition) is 1. The number of nitrogens with zero attached hydrogens (tertiary/aromatic N) is 1. The molecule has 60 valence electrons. The first-order valence-corrected chi connectivity index (χ1v) is 3.07. The van der Waals surface area contributed by atoms with Crippen molar-refractivity contribution in [1.29, 1.82) is 5.26 Å². The molecule has 0 heterocycles. The predicted octanol–water partition coefficient (Wildman–Crippen LogP) is 1.22. The highest BCUT2D eigenvalue weighted by molar-refractivity contribution is 5.80. The quantitative estimate of drug-likeness (QED) is 0.636. The first-order chi connectivity index (χ1) is 5.70. The molecule has 0 saturated heterocycles. The minimum atomic E-state index is -0.833. The summed E-state index contributed by atoms with van der Waals surface area (Å²) in [6.45, 7) is 0. The fourth-order valence-electron chi connectivity index (χ4n) is 0.784. The molecule has 1 rings (SSSR count). The number of nitriles is 1. The number of aldehydes is 1. The zero-order valence-corrected chi connectivity index (χ0v) is 5.91. The molecular weight excluding hydrogens is 161 g/mol. The molecule has 12 heavy (non-hydrogen) atoms. The number of carbonyl (C=O) groups excluding carboxylic acids is 1. The van der Waals surface area contributed by atoms with Gasteiger partial charge in [0.05, 0.1) is 5.56 Å². The van der Waals surface area contributed by atoms with Gasteiger partial charge >= 0.3 is 0 Å². The van der Waals surface area contributed by atoms with E-state index in [1.54, 1.807) is 0 Å². The van der Waals surface area contributed by atoms with Crippen molar-refractivity contribution in [3.05, 3.63) is 29.1 Å². The summed E-state index contributed by atoms with van der Waals surface area (Å²) < 4.78 is 12.7. The van der Waals surface area contributed by atoms with E-state index in [9.17, 15) is 9.18 Å². The van der Waals surface area contributed by atoms with Crippen LogP contribution in [0.1, 0.15) is 15.9 Å². The number of phenols is 1. The third-order valence-electron chi connectivity index (χ3n) is 1.40. The maximum Gasteiger partial charge on any atom is 0.153 e. The van der Waals surface area contributed by atoms with Crippen molar-refractivity contribution in [2.45, 2.75) is 0 Å². The first kappa shape index (κ1) is 8.21. The van der Waals surface area contributed by atoms with Crippen molar-refractivity contribution >= 4 is 6.29 Å². The minimum absolute atomic E-state index is 0.0899. The fraction of sp³-hybridized carbons (Fsp3) is 0. The van der Waals surface area contributed by atoms with E-state index in [1.807, 2.05) is 0 Å². The third kappa shape index (κ3) is 1.12. The molecule has 0 aliphatic carbocycles. The Morgan fingerprint density at radius 3 is 2.75 bits per heavy atom. The van der Waals surface area contributed by atoms with Gasteiger partial charge in [-0.05, 0) is 12.1 Å². The van der Waals surface area contributed by atoms with Crippen LogP contribution in [0.15, 0.2) is 12.1 Å². The van der Waals surface area contributed by atoms with Crippen LogP contribution in [0.2, 0.25) is 0 Å². The normalized spacial score (nSPS) is 9.00.